The standard InChI is InChI=1S/C28H28N4O6S/c1-28(2,3)38-27(33)31-9-8-17-7-6-16(10-21(17)31)15-36-22-11-18(34-4)12-23-19(22)13-24(37-23)20-14-32-25(29-20)39-26(30-32)35-5/h6-7,10-14H,8-9,15H2,1-5H3. The second kappa shape index (κ2) is 9.49. The molecule has 0 fully saturated rings. The van der Waals surface area contributed by atoms with E-state index in [-0.39, 0.29) is 6.09 Å². The highest BCUT2D eigenvalue weighted by Gasteiger charge is 2.29. The van der Waals surface area contributed by atoms with Gasteiger partial charge in [0.1, 0.15) is 35.0 Å². The van der Waals surface area contributed by atoms with Crippen LogP contribution in [0.3, 0.4) is 0 Å². The predicted octanol–water partition coefficient (Wildman–Crippen LogP) is 6.10. The van der Waals surface area contributed by atoms with Crippen molar-refractivity contribution in [2.45, 2.75) is 39.4 Å². The summed E-state index contributed by atoms with van der Waals surface area (Å²) in [6.07, 6.45) is 2.25. The summed E-state index contributed by atoms with van der Waals surface area (Å²) in [7, 11) is 3.18. The molecule has 1 amide bonds. The zero-order valence-electron chi connectivity index (χ0n) is 22.3. The average molecular weight is 549 g/mol. The van der Waals surface area contributed by atoms with Crippen molar-refractivity contribution < 1.29 is 28.2 Å². The number of methoxy groups -OCH3 is 2. The van der Waals surface area contributed by atoms with Crippen molar-refractivity contribution in [3.05, 3.63) is 53.7 Å². The second-order valence-corrected chi connectivity index (χ2v) is 11.1. The Morgan fingerprint density at radius 3 is 2.72 bits per heavy atom. The molecule has 1 aliphatic heterocycles. The third-order valence-electron chi connectivity index (χ3n) is 6.31. The van der Waals surface area contributed by atoms with Crippen LogP contribution in [0.4, 0.5) is 10.5 Å². The van der Waals surface area contributed by atoms with Crippen molar-refractivity contribution in [2.24, 2.45) is 0 Å². The van der Waals surface area contributed by atoms with E-state index in [1.165, 1.54) is 11.3 Å². The molecule has 0 bridgehead atoms. The molecule has 1 aliphatic rings. The Hall–Kier alpha value is -4.25. The first-order chi connectivity index (χ1) is 18.7. The highest BCUT2D eigenvalue weighted by molar-refractivity contribution is 7.18. The first kappa shape index (κ1) is 25.1. The summed E-state index contributed by atoms with van der Waals surface area (Å²) in [6, 6.07) is 11.6. The minimum absolute atomic E-state index is 0.294. The topological polar surface area (TPSA) is 101 Å². The van der Waals surface area contributed by atoms with Crippen molar-refractivity contribution >= 4 is 39.0 Å². The molecule has 202 valence electrons. The number of imidazole rings is 1. The lowest BCUT2D eigenvalue weighted by Gasteiger charge is -2.25. The number of hydrogen-bond donors (Lipinski definition) is 0. The highest BCUT2D eigenvalue weighted by Crippen LogP contribution is 2.38. The molecule has 0 unspecified atom stereocenters. The molecule has 0 aliphatic carbocycles. The monoisotopic (exact) mass is 548 g/mol. The van der Waals surface area contributed by atoms with Crippen LogP contribution in [0, 0.1) is 0 Å². The molecule has 5 aromatic rings. The van der Waals surface area contributed by atoms with Crippen LogP contribution < -0.4 is 19.1 Å². The van der Waals surface area contributed by atoms with E-state index < -0.39 is 5.60 Å². The fraction of sp³-hybridized carbons (Fsp3) is 0.321. The second-order valence-electron chi connectivity index (χ2n) is 10.2. The molecule has 10 nitrogen and oxygen atoms in total. The number of amides is 1. The van der Waals surface area contributed by atoms with Crippen LogP contribution in [-0.4, -0.2) is 47.1 Å². The summed E-state index contributed by atoms with van der Waals surface area (Å²) < 4.78 is 30.4. The van der Waals surface area contributed by atoms with Gasteiger partial charge in [-0.15, -0.1) is 5.10 Å². The molecule has 0 atom stereocenters. The Morgan fingerprint density at radius 2 is 1.97 bits per heavy atom. The van der Waals surface area contributed by atoms with Crippen LogP contribution in [0.15, 0.2) is 47.0 Å². The Bertz CT molecular complexity index is 1660. The molecule has 0 saturated carbocycles. The summed E-state index contributed by atoms with van der Waals surface area (Å²) in [6.45, 7) is 6.49. The first-order valence-corrected chi connectivity index (χ1v) is 13.3. The van der Waals surface area contributed by atoms with Gasteiger partial charge >= 0.3 is 6.09 Å². The molecule has 0 N–H and O–H groups in total. The molecule has 39 heavy (non-hydrogen) atoms. The van der Waals surface area contributed by atoms with E-state index in [9.17, 15) is 4.79 Å². The van der Waals surface area contributed by atoms with Gasteiger partial charge in [-0.2, -0.15) is 0 Å². The van der Waals surface area contributed by atoms with Crippen LogP contribution in [-0.2, 0) is 17.8 Å². The molecule has 3 aromatic heterocycles. The van der Waals surface area contributed by atoms with E-state index >= 15 is 0 Å². The lowest BCUT2D eigenvalue weighted by molar-refractivity contribution is 0.0584. The van der Waals surface area contributed by atoms with Crippen molar-refractivity contribution in [2.75, 3.05) is 25.7 Å². The van der Waals surface area contributed by atoms with Gasteiger partial charge in [-0.05, 0) is 61.8 Å². The van der Waals surface area contributed by atoms with Gasteiger partial charge in [-0.25, -0.2) is 14.3 Å². The Morgan fingerprint density at radius 1 is 1.13 bits per heavy atom. The smallest absolute Gasteiger partial charge is 0.414 e. The number of anilines is 1. The maximum absolute atomic E-state index is 12.8. The minimum Gasteiger partial charge on any atom is -0.496 e. The van der Waals surface area contributed by atoms with Crippen molar-refractivity contribution in [1.29, 1.82) is 0 Å². The van der Waals surface area contributed by atoms with Gasteiger partial charge in [0, 0.05) is 18.7 Å². The van der Waals surface area contributed by atoms with Gasteiger partial charge in [-0.3, -0.25) is 4.90 Å². The van der Waals surface area contributed by atoms with Gasteiger partial charge in [0.05, 0.1) is 31.5 Å². The normalized spacial score (nSPS) is 13.2. The summed E-state index contributed by atoms with van der Waals surface area (Å²) in [5.74, 6) is 1.82. The SMILES string of the molecule is COc1cc(OCc2ccc3c(c2)N(C(=O)OC(C)(C)C)CC3)c2cc(-c3cn4nc(OC)sc4n3)oc2c1. The number of fused-ring (bicyclic) bond motifs is 3. The molecule has 11 heteroatoms. The number of carbonyl (C=O) groups is 1. The van der Waals surface area contributed by atoms with Crippen molar-refractivity contribution in [3.8, 4) is 28.1 Å². The molecule has 0 saturated heterocycles. The van der Waals surface area contributed by atoms with E-state index in [4.69, 9.17) is 23.4 Å². The van der Waals surface area contributed by atoms with Gasteiger partial charge in [0.2, 0.25) is 4.96 Å². The number of aromatic nitrogens is 3. The quantitative estimate of drug-likeness (QED) is 0.251. The average Bonchev–Trinajstić information content (AvgIpc) is 3.66. The number of nitrogens with zero attached hydrogens (tertiary/aromatic N) is 4. The van der Waals surface area contributed by atoms with Crippen LogP contribution in [0.2, 0.25) is 0 Å². The molecule has 4 heterocycles. The summed E-state index contributed by atoms with van der Waals surface area (Å²) >= 11 is 1.35. The van der Waals surface area contributed by atoms with E-state index in [0.717, 1.165) is 28.6 Å². The Balaban J connectivity index is 1.26. The molecule has 0 radical (unpaired) electrons. The number of ether oxygens (including phenoxy) is 4. The fourth-order valence-corrected chi connectivity index (χ4v) is 5.21. The number of furan rings is 1. The summed E-state index contributed by atoms with van der Waals surface area (Å²) in [5, 5.41) is 5.66. The van der Waals surface area contributed by atoms with E-state index in [1.807, 2.05) is 57.2 Å². The van der Waals surface area contributed by atoms with Crippen LogP contribution in [0.25, 0.3) is 27.4 Å². The summed E-state index contributed by atoms with van der Waals surface area (Å²) in [4.78, 5) is 19.8. The highest BCUT2D eigenvalue weighted by atomic mass is 32.1. The zero-order valence-corrected chi connectivity index (χ0v) is 23.1. The lowest BCUT2D eigenvalue weighted by atomic mass is 10.1. The van der Waals surface area contributed by atoms with E-state index in [1.54, 1.807) is 29.8 Å². The molecule has 2 aromatic carbocycles. The van der Waals surface area contributed by atoms with Gasteiger partial charge in [0.25, 0.3) is 5.19 Å². The fourth-order valence-electron chi connectivity index (χ4n) is 4.51. The van der Waals surface area contributed by atoms with Crippen molar-refractivity contribution in [1.82, 2.24) is 14.6 Å². The summed E-state index contributed by atoms with van der Waals surface area (Å²) in [5.41, 5.74) is 3.61. The van der Waals surface area contributed by atoms with Crippen LogP contribution in [0.1, 0.15) is 31.9 Å². The van der Waals surface area contributed by atoms with Gasteiger partial charge in [-0.1, -0.05) is 12.1 Å². The molecular weight excluding hydrogens is 520 g/mol. The van der Waals surface area contributed by atoms with Crippen molar-refractivity contribution in [3.63, 3.8) is 0 Å². The van der Waals surface area contributed by atoms with Gasteiger partial charge in [0.15, 0.2) is 5.76 Å². The number of rotatable bonds is 6. The number of benzene rings is 2. The number of hydrogen-bond acceptors (Lipinski definition) is 9. The third kappa shape index (κ3) is 4.85. The van der Waals surface area contributed by atoms with Gasteiger partial charge < -0.3 is 23.4 Å². The minimum atomic E-state index is -0.558. The maximum Gasteiger partial charge on any atom is 0.414 e. The van der Waals surface area contributed by atoms with Crippen LogP contribution in [0.5, 0.6) is 16.7 Å². The molecule has 0 spiro atoms. The first-order valence-electron chi connectivity index (χ1n) is 12.5. The third-order valence-corrected chi connectivity index (χ3v) is 7.20. The van der Waals surface area contributed by atoms with E-state index in [0.29, 0.717) is 51.8 Å². The largest absolute Gasteiger partial charge is 0.496 e. The Kier molecular flexibility index (Phi) is 6.10. The Labute approximate surface area is 228 Å². The number of carbonyl (C=O) groups excluding carboxylic acids is 1. The maximum atomic E-state index is 12.8. The molecular formula is C28H28N4O6S. The zero-order chi connectivity index (χ0) is 27.3. The van der Waals surface area contributed by atoms with E-state index in [2.05, 4.69) is 10.1 Å². The lowest BCUT2D eigenvalue weighted by Crippen LogP contribution is -2.35. The molecule has 6 rings (SSSR count). The predicted molar refractivity (Wildman–Crippen MR) is 147 cm³/mol. The van der Waals surface area contributed by atoms with Crippen LogP contribution >= 0.6 is 11.3 Å².